The minimum absolute atomic E-state index is 0.437. The molecule has 0 aliphatic heterocycles. The molecule has 15 heavy (non-hydrogen) atoms. The number of likely N-dealkylation sites (N-methyl/N-ethyl adjacent to an activating group) is 1. The lowest BCUT2D eigenvalue weighted by molar-refractivity contribution is 0.1000. The van der Waals surface area contributed by atoms with E-state index in [1.807, 2.05) is 25.1 Å². The second kappa shape index (κ2) is 5.36. The largest absolute Gasteiger partial charge is 0.492 e. The summed E-state index contributed by atoms with van der Waals surface area (Å²) in [6.07, 6.45) is 0. The van der Waals surface area contributed by atoms with Gasteiger partial charge in [-0.1, -0.05) is 6.07 Å². The second-order valence-corrected chi connectivity index (χ2v) is 3.54. The molecule has 2 N–H and O–H groups in total. The fraction of sp³-hybridized carbons (Fsp3) is 0.364. The number of amides is 1. The highest BCUT2D eigenvalue weighted by Crippen LogP contribution is 2.12. The first kappa shape index (κ1) is 11.5. The zero-order valence-electron chi connectivity index (χ0n) is 9.06. The molecule has 1 rings (SSSR count). The highest BCUT2D eigenvalue weighted by molar-refractivity contribution is 5.93. The molecule has 0 heterocycles. The average Bonchev–Trinajstić information content (AvgIpc) is 2.17. The average molecular weight is 208 g/mol. The summed E-state index contributed by atoms with van der Waals surface area (Å²) in [6.45, 7) is 1.43. The number of nitrogens with two attached hydrogens (primary N) is 1. The van der Waals surface area contributed by atoms with Crippen LogP contribution in [0.1, 0.15) is 10.4 Å². The lowest BCUT2D eigenvalue weighted by Gasteiger charge is -2.11. The normalized spacial score (nSPS) is 10.3. The Bertz CT molecular complexity index is 337. The van der Waals surface area contributed by atoms with Crippen molar-refractivity contribution in [1.82, 2.24) is 4.90 Å². The zero-order valence-corrected chi connectivity index (χ0v) is 9.06. The van der Waals surface area contributed by atoms with Gasteiger partial charge in [-0.25, -0.2) is 0 Å². The minimum atomic E-state index is -0.437. The van der Waals surface area contributed by atoms with Crippen molar-refractivity contribution in [2.24, 2.45) is 5.73 Å². The highest BCUT2D eigenvalue weighted by atomic mass is 16.5. The topological polar surface area (TPSA) is 55.6 Å². The van der Waals surface area contributed by atoms with Crippen molar-refractivity contribution >= 4 is 5.91 Å². The van der Waals surface area contributed by atoms with Gasteiger partial charge < -0.3 is 15.4 Å². The van der Waals surface area contributed by atoms with E-state index in [0.29, 0.717) is 17.9 Å². The van der Waals surface area contributed by atoms with E-state index in [-0.39, 0.29) is 0 Å². The van der Waals surface area contributed by atoms with Crippen LogP contribution in [-0.4, -0.2) is 38.1 Å². The number of rotatable bonds is 5. The Balaban J connectivity index is 2.54. The highest BCUT2D eigenvalue weighted by Gasteiger charge is 2.01. The Morgan fingerprint density at radius 3 is 2.80 bits per heavy atom. The number of carbonyl (C=O) groups is 1. The fourth-order valence-electron chi connectivity index (χ4n) is 1.09. The molecular formula is C11H16N2O2. The first-order chi connectivity index (χ1) is 7.09. The van der Waals surface area contributed by atoms with Crippen LogP contribution in [0.4, 0.5) is 0 Å². The molecule has 0 aliphatic rings. The molecule has 0 bridgehead atoms. The van der Waals surface area contributed by atoms with Crippen molar-refractivity contribution in [1.29, 1.82) is 0 Å². The summed E-state index contributed by atoms with van der Waals surface area (Å²) in [5.74, 6) is 0.237. The maximum atomic E-state index is 10.9. The standard InChI is InChI=1S/C11H16N2O2/c1-13(2)6-7-15-10-5-3-4-9(8-10)11(12)14/h3-5,8H,6-7H2,1-2H3,(H2,12,14). The molecule has 0 atom stereocenters. The molecule has 0 radical (unpaired) electrons. The zero-order chi connectivity index (χ0) is 11.3. The molecule has 0 saturated carbocycles. The van der Waals surface area contributed by atoms with E-state index in [0.717, 1.165) is 6.54 Å². The summed E-state index contributed by atoms with van der Waals surface area (Å²) in [6, 6.07) is 6.88. The van der Waals surface area contributed by atoms with E-state index < -0.39 is 5.91 Å². The van der Waals surface area contributed by atoms with Crippen molar-refractivity contribution in [3.63, 3.8) is 0 Å². The molecule has 1 aromatic carbocycles. The molecule has 0 aromatic heterocycles. The van der Waals surface area contributed by atoms with Crippen molar-refractivity contribution in [2.75, 3.05) is 27.2 Å². The van der Waals surface area contributed by atoms with E-state index in [4.69, 9.17) is 10.5 Å². The van der Waals surface area contributed by atoms with Gasteiger partial charge in [-0.05, 0) is 32.3 Å². The molecule has 4 heteroatoms. The number of benzene rings is 1. The van der Waals surface area contributed by atoms with Crippen LogP contribution in [0, 0.1) is 0 Å². The number of ether oxygens (including phenoxy) is 1. The van der Waals surface area contributed by atoms with Crippen molar-refractivity contribution in [2.45, 2.75) is 0 Å². The SMILES string of the molecule is CN(C)CCOc1cccc(C(N)=O)c1. The summed E-state index contributed by atoms with van der Waals surface area (Å²) in [5.41, 5.74) is 5.63. The number of primary amides is 1. The molecule has 0 saturated heterocycles. The van der Waals surface area contributed by atoms with Gasteiger partial charge in [0.2, 0.25) is 5.91 Å². The van der Waals surface area contributed by atoms with Crippen molar-refractivity contribution < 1.29 is 9.53 Å². The van der Waals surface area contributed by atoms with E-state index in [2.05, 4.69) is 0 Å². The third kappa shape index (κ3) is 3.99. The van der Waals surface area contributed by atoms with Gasteiger partial charge in [0.25, 0.3) is 0 Å². The Kier molecular flexibility index (Phi) is 4.12. The van der Waals surface area contributed by atoms with Crippen molar-refractivity contribution in [3.8, 4) is 5.75 Å². The van der Waals surface area contributed by atoms with Gasteiger partial charge in [0, 0.05) is 12.1 Å². The summed E-state index contributed by atoms with van der Waals surface area (Å²) >= 11 is 0. The van der Waals surface area contributed by atoms with Crippen LogP contribution in [0.2, 0.25) is 0 Å². The number of carbonyl (C=O) groups excluding carboxylic acids is 1. The van der Waals surface area contributed by atoms with Crippen LogP contribution in [0.25, 0.3) is 0 Å². The van der Waals surface area contributed by atoms with E-state index in [1.165, 1.54) is 0 Å². The second-order valence-electron chi connectivity index (χ2n) is 3.54. The number of nitrogens with zero attached hydrogens (tertiary/aromatic N) is 1. The molecule has 82 valence electrons. The molecular weight excluding hydrogens is 192 g/mol. The summed E-state index contributed by atoms with van der Waals surface area (Å²) in [4.78, 5) is 12.9. The van der Waals surface area contributed by atoms with Gasteiger partial charge in [0.1, 0.15) is 12.4 Å². The predicted molar refractivity (Wildman–Crippen MR) is 59.0 cm³/mol. The lowest BCUT2D eigenvalue weighted by atomic mass is 10.2. The molecule has 0 unspecified atom stereocenters. The van der Waals surface area contributed by atoms with Crippen LogP contribution in [0.5, 0.6) is 5.75 Å². The maximum absolute atomic E-state index is 10.9. The van der Waals surface area contributed by atoms with Crippen LogP contribution >= 0.6 is 0 Å². The third-order valence-corrected chi connectivity index (χ3v) is 1.93. The number of hydrogen-bond acceptors (Lipinski definition) is 3. The van der Waals surface area contributed by atoms with Crippen LogP contribution in [-0.2, 0) is 0 Å². The smallest absolute Gasteiger partial charge is 0.248 e. The van der Waals surface area contributed by atoms with Gasteiger partial charge in [-0.3, -0.25) is 4.79 Å². The van der Waals surface area contributed by atoms with E-state index in [9.17, 15) is 4.79 Å². The summed E-state index contributed by atoms with van der Waals surface area (Å²) in [5, 5.41) is 0. The molecule has 1 amide bonds. The van der Waals surface area contributed by atoms with Gasteiger partial charge in [-0.2, -0.15) is 0 Å². The quantitative estimate of drug-likeness (QED) is 0.776. The third-order valence-electron chi connectivity index (χ3n) is 1.93. The fourth-order valence-corrected chi connectivity index (χ4v) is 1.09. The Hall–Kier alpha value is -1.55. The molecule has 0 aliphatic carbocycles. The van der Waals surface area contributed by atoms with E-state index >= 15 is 0 Å². The Morgan fingerprint density at radius 2 is 2.20 bits per heavy atom. The monoisotopic (exact) mass is 208 g/mol. The maximum Gasteiger partial charge on any atom is 0.248 e. The summed E-state index contributed by atoms with van der Waals surface area (Å²) in [7, 11) is 3.95. The predicted octanol–water partition coefficient (Wildman–Crippen LogP) is 0.726. The van der Waals surface area contributed by atoms with Crippen molar-refractivity contribution in [3.05, 3.63) is 29.8 Å². The lowest BCUT2D eigenvalue weighted by Crippen LogP contribution is -2.19. The molecule has 1 aromatic rings. The van der Waals surface area contributed by atoms with Gasteiger partial charge in [0.15, 0.2) is 0 Å². The first-order valence-corrected chi connectivity index (χ1v) is 4.77. The van der Waals surface area contributed by atoms with Crippen LogP contribution in [0.15, 0.2) is 24.3 Å². The number of hydrogen-bond donors (Lipinski definition) is 1. The van der Waals surface area contributed by atoms with Crippen LogP contribution in [0.3, 0.4) is 0 Å². The molecule has 0 spiro atoms. The van der Waals surface area contributed by atoms with E-state index in [1.54, 1.807) is 18.2 Å². The van der Waals surface area contributed by atoms with Gasteiger partial charge >= 0.3 is 0 Å². The van der Waals surface area contributed by atoms with Gasteiger partial charge in [0.05, 0.1) is 0 Å². The summed E-state index contributed by atoms with van der Waals surface area (Å²) < 4.78 is 5.46. The Morgan fingerprint density at radius 1 is 1.47 bits per heavy atom. The van der Waals surface area contributed by atoms with Gasteiger partial charge in [-0.15, -0.1) is 0 Å². The van der Waals surface area contributed by atoms with Crippen LogP contribution < -0.4 is 10.5 Å². The first-order valence-electron chi connectivity index (χ1n) is 4.77. The minimum Gasteiger partial charge on any atom is -0.492 e. The molecule has 4 nitrogen and oxygen atoms in total. The Labute approximate surface area is 89.6 Å². The molecule has 0 fully saturated rings.